The minimum atomic E-state index is 0.132. The fraction of sp³-hybridized carbons (Fsp3) is 0.143. The lowest BCUT2D eigenvalue weighted by atomic mass is 10.1. The normalized spacial score (nSPS) is 10.8. The highest BCUT2D eigenvalue weighted by molar-refractivity contribution is 7.16. The number of hydrazine groups is 1. The summed E-state index contributed by atoms with van der Waals surface area (Å²) in [5.74, 6) is 6.83. The average molecular weight is 302 g/mol. The molecule has 0 bridgehead atoms. The van der Waals surface area contributed by atoms with Crippen LogP contribution < -0.4 is 16.0 Å². The molecule has 108 valence electrons. The molecular weight excluding hydrogens is 288 g/mol. The Hall–Kier alpha value is -2.22. The van der Waals surface area contributed by atoms with Crippen LogP contribution in [0.4, 0.5) is 5.95 Å². The number of nitrogens with one attached hydrogen (secondary N) is 1. The van der Waals surface area contributed by atoms with E-state index in [1.807, 2.05) is 35.7 Å². The van der Waals surface area contributed by atoms with E-state index in [2.05, 4.69) is 15.4 Å². The number of nitrogens with zero attached hydrogens (tertiary/aromatic N) is 2. The summed E-state index contributed by atoms with van der Waals surface area (Å²) in [7, 11) is 0. The first-order valence-corrected chi connectivity index (χ1v) is 7.27. The first kappa shape index (κ1) is 13.7. The van der Waals surface area contributed by atoms with Gasteiger partial charge in [0.05, 0.1) is 5.39 Å². The molecule has 0 aliphatic carbocycles. The van der Waals surface area contributed by atoms with E-state index in [0.29, 0.717) is 24.0 Å². The summed E-state index contributed by atoms with van der Waals surface area (Å²) in [5, 5.41) is 11.7. The molecule has 21 heavy (non-hydrogen) atoms. The molecule has 4 N–H and O–H groups in total. The number of hydrogen-bond donors (Lipinski definition) is 3. The number of rotatable bonds is 5. The van der Waals surface area contributed by atoms with Crippen molar-refractivity contribution in [3.8, 4) is 11.6 Å². The molecule has 0 atom stereocenters. The van der Waals surface area contributed by atoms with Crippen molar-refractivity contribution in [2.45, 2.75) is 6.42 Å². The Kier molecular flexibility index (Phi) is 3.96. The second-order valence-corrected chi connectivity index (χ2v) is 5.25. The van der Waals surface area contributed by atoms with E-state index in [-0.39, 0.29) is 6.61 Å². The van der Waals surface area contributed by atoms with E-state index in [4.69, 9.17) is 15.7 Å². The van der Waals surface area contributed by atoms with Gasteiger partial charge < -0.3 is 9.84 Å². The van der Waals surface area contributed by atoms with Crippen molar-refractivity contribution in [2.24, 2.45) is 5.84 Å². The van der Waals surface area contributed by atoms with Crippen LogP contribution in [0.3, 0.4) is 0 Å². The molecule has 2 aromatic heterocycles. The molecule has 0 saturated carbocycles. The Morgan fingerprint density at radius 1 is 1.19 bits per heavy atom. The van der Waals surface area contributed by atoms with E-state index < -0.39 is 0 Å². The average Bonchev–Trinajstić information content (AvgIpc) is 2.98. The molecule has 0 aliphatic heterocycles. The maximum absolute atomic E-state index is 8.91. The Labute approximate surface area is 125 Å². The van der Waals surface area contributed by atoms with Gasteiger partial charge in [-0.3, -0.25) is 5.43 Å². The molecule has 0 saturated heterocycles. The molecule has 0 unspecified atom stereocenters. The number of hydrogen-bond acceptors (Lipinski definition) is 7. The highest BCUT2D eigenvalue weighted by atomic mass is 32.1. The number of anilines is 1. The zero-order valence-electron chi connectivity index (χ0n) is 11.1. The van der Waals surface area contributed by atoms with Crippen molar-refractivity contribution in [1.29, 1.82) is 0 Å². The third-order valence-electron chi connectivity index (χ3n) is 2.96. The molecule has 7 heteroatoms. The van der Waals surface area contributed by atoms with Crippen LogP contribution >= 0.6 is 11.3 Å². The Morgan fingerprint density at radius 3 is 2.71 bits per heavy atom. The van der Waals surface area contributed by atoms with Gasteiger partial charge in [-0.25, -0.2) is 10.8 Å². The summed E-state index contributed by atoms with van der Waals surface area (Å²) in [6, 6.07) is 9.44. The molecule has 0 spiro atoms. The number of fused-ring (bicyclic) bond motifs is 1. The van der Waals surface area contributed by atoms with Gasteiger partial charge in [0, 0.05) is 6.61 Å². The first-order valence-electron chi connectivity index (χ1n) is 6.39. The largest absolute Gasteiger partial charge is 0.438 e. The van der Waals surface area contributed by atoms with E-state index >= 15 is 0 Å². The van der Waals surface area contributed by atoms with Crippen LogP contribution in [0.1, 0.15) is 5.56 Å². The summed E-state index contributed by atoms with van der Waals surface area (Å²) in [5.41, 5.74) is 3.49. The van der Waals surface area contributed by atoms with Crippen LogP contribution in [0.5, 0.6) is 11.6 Å². The van der Waals surface area contributed by atoms with Crippen LogP contribution in [0.15, 0.2) is 35.7 Å². The van der Waals surface area contributed by atoms with Crippen molar-refractivity contribution < 1.29 is 9.84 Å². The summed E-state index contributed by atoms with van der Waals surface area (Å²) >= 11 is 1.50. The van der Waals surface area contributed by atoms with Gasteiger partial charge in [-0.05, 0) is 35.6 Å². The van der Waals surface area contributed by atoms with Gasteiger partial charge in [-0.1, -0.05) is 12.1 Å². The highest BCUT2D eigenvalue weighted by Crippen LogP contribution is 2.31. The molecule has 3 aromatic rings. The van der Waals surface area contributed by atoms with E-state index in [1.165, 1.54) is 11.3 Å². The van der Waals surface area contributed by atoms with Gasteiger partial charge in [-0.15, -0.1) is 11.3 Å². The van der Waals surface area contributed by atoms with Crippen LogP contribution in [0.2, 0.25) is 0 Å². The Balaban J connectivity index is 1.91. The topological polar surface area (TPSA) is 93.3 Å². The Bertz CT molecular complexity index is 742. The molecule has 2 heterocycles. The van der Waals surface area contributed by atoms with Crippen molar-refractivity contribution in [2.75, 3.05) is 12.0 Å². The van der Waals surface area contributed by atoms with Gasteiger partial charge in [0.15, 0.2) is 0 Å². The molecule has 3 rings (SSSR count). The van der Waals surface area contributed by atoms with Gasteiger partial charge in [0.1, 0.15) is 10.6 Å². The number of aromatic nitrogens is 2. The summed E-state index contributed by atoms with van der Waals surface area (Å²) in [6.45, 7) is 0.132. The molecule has 0 amide bonds. The lowest BCUT2D eigenvalue weighted by Crippen LogP contribution is -2.10. The fourth-order valence-electron chi connectivity index (χ4n) is 1.94. The van der Waals surface area contributed by atoms with Crippen molar-refractivity contribution in [3.63, 3.8) is 0 Å². The third-order valence-corrected chi connectivity index (χ3v) is 3.76. The van der Waals surface area contributed by atoms with Gasteiger partial charge >= 0.3 is 0 Å². The molecular formula is C14H14N4O2S. The lowest BCUT2D eigenvalue weighted by Gasteiger charge is -2.08. The van der Waals surface area contributed by atoms with E-state index in [1.54, 1.807) is 0 Å². The van der Waals surface area contributed by atoms with Crippen molar-refractivity contribution in [1.82, 2.24) is 9.97 Å². The summed E-state index contributed by atoms with van der Waals surface area (Å²) in [6.07, 6.45) is 0.629. The third kappa shape index (κ3) is 2.94. The summed E-state index contributed by atoms with van der Waals surface area (Å²) in [4.78, 5) is 9.31. The minimum absolute atomic E-state index is 0.132. The number of ether oxygens (including phenoxy) is 1. The second kappa shape index (κ2) is 6.04. The number of nitrogens with two attached hydrogens (primary N) is 1. The number of aliphatic hydroxyl groups is 1. The minimum Gasteiger partial charge on any atom is -0.438 e. The molecule has 0 radical (unpaired) electrons. The van der Waals surface area contributed by atoms with Crippen molar-refractivity contribution >= 4 is 27.5 Å². The van der Waals surface area contributed by atoms with Gasteiger partial charge in [0.2, 0.25) is 11.8 Å². The quantitative estimate of drug-likeness (QED) is 0.494. The number of aliphatic hydroxyl groups excluding tert-OH is 1. The first-order chi connectivity index (χ1) is 10.3. The highest BCUT2D eigenvalue weighted by Gasteiger charge is 2.10. The van der Waals surface area contributed by atoms with Crippen molar-refractivity contribution in [3.05, 3.63) is 41.3 Å². The standard InChI is InChI=1S/C14H14N4O2S/c15-18-14-16-12(11-6-8-21-13(11)17-14)20-10-3-1-9(2-4-10)5-7-19/h1-4,6,8,19H,5,7,15H2,(H,16,17,18). The monoisotopic (exact) mass is 302 g/mol. The molecule has 0 aliphatic rings. The predicted octanol–water partition coefficient (Wildman–Crippen LogP) is 2.30. The smallest absolute Gasteiger partial charge is 0.241 e. The summed E-state index contributed by atoms with van der Waals surface area (Å²) < 4.78 is 5.82. The van der Waals surface area contributed by atoms with Gasteiger partial charge in [0.25, 0.3) is 0 Å². The zero-order valence-corrected chi connectivity index (χ0v) is 11.9. The number of nitrogen functional groups attached to an aromatic ring is 1. The zero-order chi connectivity index (χ0) is 14.7. The molecule has 0 fully saturated rings. The van der Waals surface area contributed by atoms with Crippen LogP contribution in [0, 0.1) is 0 Å². The predicted molar refractivity (Wildman–Crippen MR) is 82.5 cm³/mol. The van der Waals surface area contributed by atoms with Crippen LogP contribution in [-0.4, -0.2) is 21.7 Å². The van der Waals surface area contributed by atoms with E-state index in [9.17, 15) is 0 Å². The SMILES string of the molecule is NNc1nc(Oc2ccc(CCO)cc2)c2ccsc2n1. The lowest BCUT2D eigenvalue weighted by molar-refractivity contribution is 0.299. The maximum atomic E-state index is 8.91. The van der Waals surface area contributed by atoms with Crippen LogP contribution in [-0.2, 0) is 6.42 Å². The van der Waals surface area contributed by atoms with E-state index in [0.717, 1.165) is 15.8 Å². The molecule has 1 aromatic carbocycles. The number of benzene rings is 1. The van der Waals surface area contributed by atoms with Crippen LogP contribution in [0.25, 0.3) is 10.2 Å². The van der Waals surface area contributed by atoms with Gasteiger partial charge in [-0.2, -0.15) is 4.98 Å². The fourth-order valence-corrected chi connectivity index (χ4v) is 2.69. The molecule has 6 nitrogen and oxygen atoms in total. The maximum Gasteiger partial charge on any atom is 0.241 e. The Morgan fingerprint density at radius 2 is 2.00 bits per heavy atom. The second-order valence-electron chi connectivity index (χ2n) is 4.36. The number of thiophene rings is 1.